The summed E-state index contributed by atoms with van der Waals surface area (Å²) in [5.74, 6) is 1.33. The van der Waals surface area contributed by atoms with Crippen molar-refractivity contribution >= 4 is 17.9 Å². The van der Waals surface area contributed by atoms with Gasteiger partial charge in [-0.05, 0) is 30.2 Å². The number of methoxy groups -OCH3 is 1. The maximum absolute atomic E-state index is 12.0. The maximum Gasteiger partial charge on any atom is 0.363 e. The van der Waals surface area contributed by atoms with Crippen molar-refractivity contribution in [1.82, 2.24) is 0 Å². The van der Waals surface area contributed by atoms with Crippen LogP contribution in [0.15, 0.2) is 28.9 Å². The smallest absolute Gasteiger partial charge is 0.363 e. The summed E-state index contributed by atoms with van der Waals surface area (Å²) in [6.07, 6.45) is 3.76. The van der Waals surface area contributed by atoms with Gasteiger partial charge in [-0.3, -0.25) is 0 Å². The Morgan fingerprint density at radius 3 is 2.58 bits per heavy atom. The van der Waals surface area contributed by atoms with Crippen LogP contribution in [0, 0.1) is 5.41 Å². The van der Waals surface area contributed by atoms with Gasteiger partial charge in [-0.1, -0.05) is 40.2 Å². The third-order valence-electron chi connectivity index (χ3n) is 3.51. The van der Waals surface area contributed by atoms with Crippen molar-refractivity contribution in [3.63, 3.8) is 0 Å². The molecule has 0 bridgehead atoms. The zero-order valence-corrected chi connectivity index (χ0v) is 15.0. The van der Waals surface area contributed by atoms with Gasteiger partial charge in [0.2, 0.25) is 5.90 Å². The van der Waals surface area contributed by atoms with Crippen LogP contribution in [-0.4, -0.2) is 25.6 Å². The Bertz CT molecular complexity index is 668. The van der Waals surface area contributed by atoms with Crippen molar-refractivity contribution in [3.8, 4) is 11.5 Å². The van der Waals surface area contributed by atoms with Gasteiger partial charge in [0.1, 0.15) is 0 Å². The Hall–Kier alpha value is -2.30. The number of carbonyl (C=O) groups excluding carboxylic acids is 1. The number of hydrogen-bond donors (Lipinski definition) is 0. The number of rotatable bonds is 6. The van der Waals surface area contributed by atoms with Gasteiger partial charge < -0.3 is 14.2 Å². The first-order valence-corrected chi connectivity index (χ1v) is 8.19. The van der Waals surface area contributed by atoms with Gasteiger partial charge in [-0.2, -0.15) is 0 Å². The lowest BCUT2D eigenvalue weighted by atomic mass is 9.97. The minimum absolute atomic E-state index is 0.293. The third-order valence-corrected chi connectivity index (χ3v) is 3.51. The fourth-order valence-corrected chi connectivity index (χ4v) is 2.11. The van der Waals surface area contributed by atoms with Crippen molar-refractivity contribution in [2.45, 2.75) is 40.5 Å². The Morgan fingerprint density at radius 2 is 2.00 bits per heavy atom. The minimum atomic E-state index is -0.429. The summed E-state index contributed by atoms with van der Waals surface area (Å²) in [5, 5.41) is 0. The van der Waals surface area contributed by atoms with E-state index in [1.54, 1.807) is 13.2 Å². The quantitative estimate of drug-likeness (QED) is 0.445. The number of ether oxygens (including phenoxy) is 3. The van der Waals surface area contributed by atoms with E-state index >= 15 is 0 Å². The number of cyclic esters (lactones) is 1. The summed E-state index contributed by atoms with van der Waals surface area (Å²) in [6, 6.07) is 5.54. The molecular weight excluding hydrogens is 306 g/mol. The van der Waals surface area contributed by atoms with Crippen LogP contribution in [0.3, 0.4) is 0 Å². The zero-order valence-electron chi connectivity index (χ0n) is 15.0. The molecule has 130 valence electrons. The molecule has 0 radical (unpaired) electrons. The van der Waals surface area contributed by atoms with E-state index in [0.29, 0.717) is 29.7 Å². The largest absolute Gasteiger partial charge is 0.493 e. The van der Waals surface area contributed by atoms with Crippen LogP contribution >= 0.6 is 0 Å². The van der Waals surface area contributed by atoms with Crippen LogP contribution in [0.1, 0.15) is 46.1 Å². The Morgan fingerprint density at radius 1 is 1.25 bits per heavy atom. The van der Waals surface area contributed by atoms with Crippen molar-refractivity contribution in [2.75, 3.05) is 13.7 Å². The van der Waals surface area contributed by atoms with E-state index in [0.717, 1.165) is 18.4 Å². The highest BCUT2D eigenvalue weighted by Gasteiger charge is 2.31. The second kappa shape index (κ2) is 7.51. The number of hydrogen-bond acceptors (Lipinski definition) is 5. The molecule has 0 fully saturated rings. The Balaban J connectivity index is 2.23. The average Bonchev–Trinajstić information content (AvgIpc) is 2.90. The minimum Gasteiger partial charge on any atom is -0.493 e. The molecular formula is C19H25NO4. The van der Waals surface area contributed by atoms with Gasteiger partial charge in [0.15, 0.2) is 17.2 Å². The normalized spacial score (nSPS) is 16.1. The van der Waals surface area contributed by atoms with Gasteiger partial charge in [-0.25, -0.2) is 9.79 Å². The summed E-state index contributed by atoms with van der Waals surface area (Å²) in [4.78, 5) is 16.3. The first-order valence-electron chi connectivity index (χ1n) is 8.19. The predicted octanol–water partition coefficient (Wildman–Crippen LogP) is 4.22. The van der Waals surface area contributed by atoms with Crippen molar-refractivity contribution < 1.29 is 19.0 Å². The number of esters is 1. The molecule has 1 heterocycles. The molecule has 0 atom stereocenters. The van der Waals surface area contributed by atoms with E-state index < -0.39 is 5.97 Å². The molecule has 0 aromatic heterocycles. The van der Waals surface area contributed by atoms with Crippen molar-refractivity contribution in [3.05, 3.63) is 29.5 Å². The second-order valence-electron chi connectivity index (χ2n) is 6.70. The molecule has 0 unspecified atom stereocenters. The van der Waals surface area contributed by atoms with Gasteiger partial charge >= 0.3 is 5.97 Å². The molecule has 1 aromatic rings. The van der Waals surface area contributed by atoms with Gasteiger partial charge in [0, 0.05) is 5.41 Å². The van der Waals surface area contributed by atoms with Crippen molar-refractivity contribution in [2.24, 2.45) is 10.4 Å². The van der Waals surface area contributed by atoms with E-state index in [9.17, 15) is 4.79 Å². The summed E-state index contributed by atoms with van der Waals surface area (Å²) < 4.78 is 16.3. The highest BCUT2D eigenvalue weighted by molar-refractivity contribution is 6.08. The molecule has 0 amide bonds. The van der Waals surface area contributed by atoms with E-state index in [-0.39, 0.29) is 5.41 Å². The first-order chi connectivity index (χ1) is 11.3. The summed E-state index contributed by atoms with van der Waals surface area (Å²) in [5.41, 5.74) is 0.794. The van der Waals surface area contributed by atoms with Crippen LogP contribution < -0.4 is 9.47 Å². The van der Waals surface area contributed by atoms with E-state index in [1.165, 1.54) is 0 Å². The van der Waals surface area contributed by atoms with Gasteiger partial charge in [0.25, 0.3) is 0 Å². The van der Waals surface area contributed by atoms with Crippen LogP contribution in [0.4, 0.5) is 0 Å². The molecule has 2 rings (SSSR count). The molecule has 0 saturated heterocycles. The standard InChI is InChI=1S/C19H25NO4/c1-6-7-10-23-15-9-8-13(12-16(15)22-5)11-14-17(21)24-18(20-14)19(2,3)4/h8-9,11-12H,6-7,10H2,1-5H3/b14-11-. The molecule has 0 saturated carbocycles. The van der Waals surface area contributed by atoms with Crippen LogP contribution in [0.2, 0.25) is 0 Å². The fourth-order valence-electron chi connectivity index (χ4n) is 2.11. The summed E-state index contributed by atoms with van der Waals surface area (Å²) in [7, 11) is 1.60. The van der Waals surface area contributed by atoms with Crippen molar-refractivity contribution in [1.29, 1.82) is 0 Å². The first kappa shape index (κ1) is 18.0. The topological polar surface area (TPSA) is 57.1 Å². The Kier molecular flexibility index (Phi) is 5.65. The highest BCUT2D eigenvalue weighted by atomic mass is 16.6. The third kappa shape index (κ3) is 4.37. The lowest BCUT2D eigenvalue weighted by Crippen LogP contribution is -2.21. The molecule has 1 aliphatic heterocycles. The Labute approximate surface area is 143 Å². The maximum atomic E-state index is 12.0. The number of carbonyl (C=O) groups is 1. The molecule has 0 spiro atoms. The van der Waals surface area contributed by atoms with Gasteiger partial charge in [-0.15, -0.1) is 0 Å². The lowest BCUT2D eigenvalue weighted by molar-refractivity contribution is -0.130. The summed E-state index contributed by atoms with van der Waals surface area (Å²) in [6.45, 7) is 8.62. The molecule has 1 aliphatic rings. The number of unbranched alkanes of at least 4 members (excludes halogenated alkanes) is 1. The molecule has 5 nitrogen and oxygen atoms in total. The lowest BCUT2D eigenvalue weighted by Gasteiger charge is -2.15. The molecule has 5 heteroatoms. The molecule has 0 aliphatic carbocycles. The second-order valence-corrected chi connectivity index (χ2v) is 6.70. The molecule has 1 aromatic carbocycles. The average molecular weight is 331 g/mol. The predicted molar refractivity (Wildman–Crippen MR) is 94.4 cm³/mol. The van der Waals surface area contributed by atoms with Crippen LogP contribution in [0.5, 0.6) is 11.5 Å². The number of nitrogens with zero attached hydrogens (tertiary/aromatic N) is 1. The van der Waals surface area contributed by atoms with Gasteiger partial charge in [0.05, 0.1) is 13.7 Å². The SMILES string of the molecule is CCCCOc1ccc(/C=C2\N=C(C(C)(C)C)OC2=O)cc1OC. The molecule has 0 N–H and O–H groups in total. The number of benzene rings is 1. The number of aliphatic imine (C=N–C) groups is 1. The summed E-state index contributed by atoms with van der Waals surface area (Å²) >= 11 is 0. The van der Waals surface area contributed by atoms with Crippen LogP contribution in [-0.2, 0) is 9.53 Å². The highest BCUT2D eigenvalue weighted by Crippen LogP contribution is 2.30. The zero-order chi connectivity index (χ0) is 17.7. The fraction of sp³-hybridized carbons (Fsp3) is 0.474. The van der Waals surface area contributed by atoms with E-state index in [1.807, 2.05) is 39.0 Å². The monoisotopic (exact) mass is 331 g/mol. The van der Waals surface area contributed by atoms with E-state index in [2.05, 4.69) is 11.9 Å². The van der Waals surface area contributed by atoms with Crippen LogP contribution in [0.25, 0.3) is 6.08 Å². The molecule has 24 heavy (non-hydrogen) atoms. The van der Waals surface area contributed by atoms with E-state index in [4.69, 9.17) is 14.2 Å².